The van der Waals surface area contributed by atoms with Crippen LogP contribution in [0.1, 0.15) is 25.1 Å². The Kier molecular flexibility index (Phi) is 4.28. The van der Waals surface area contributed by atoms with Gasteiger partial charge in [-0.05, 0) is 43.5 Å². The highest BCUT2D eigenvalue weighted by atomic mass is 16.1. The average Bonchev–Trinajstić information content (AvgIpc) is 3.15. The van der Waals surface area contributed by atoms with E-state index in [1.54, 1.807) is 6.20 Å². The Morgan fingerprint density at radius 2 is 2.04 bits per heavy atom. The molecule has 3 heterocycles. The molecule has 0 radical (unpaired) electrons. The number of pyridine rings is 1. The molecule has 2 N–H and O–H groups in total. The summed E-state index contributed by atoms with van der Waals surface area (Å²) in [5.74, 6) is 0.397. The van der Waals surface area contributed by atoms with Crippen LogP contribution in [0, 0.1) is 0 Å². The molecule has 1 aliphatic rings. The van der Waals surface area contributed by atoms with Crippen LogP contribution >= 0.6 is 0 Å². The predicted octanol–water partition coefficient (Wildman–Crippen LogP) is 2.52. The van der Waals surface area contributed by atoms with Crippen molar-refractivity contribution >= 4 is 28.2 Å². The van der Waals surface area contributed by atoms with Crippen LogP contribution in [-0.2, 0) is 11.2 Å². The molecule has 7 nitrogen and oxygen atoms in total. The molecule has 0 aliphatic carbocycles. The van der Waals surface area contributed by atoms with Crippen LogP contribution in [-0.4, -0.2) is 39.2 Å². The molecule has 0 saturated carbocycles. The summed E-state index contributed by atoms with van der Waals surface area (Å²) in [6.45, 7) is 2.14. The van der Waals surface area contributed by atoms with Crippen molar-refractivity contribution in [3.63, 3.8) is 0 Å². The highest BCUT2D eigenvalue weighted by Gasteiger charge is 2.16. The molecule has 2 aromatic heterocycles. The van der Waals surface area contributed by atoms with Gasteiger partial charge in [0, 0.05) is 30.4 Å². The SMILES string of the molecule is O=C(Cc1ncn[nH]1)Nc1ccc(N2CCCCC2)c2cccnc12. The summed E-state index contributed by atoms with van der Waals surface area (Å²) < 4.78 is 0. The van der Waals surface area contributed by atoms with Gasteiger partial charge in [-0.25, -0.2) is 4.98 Å². The summed E-state index contributed by atoms with van der Waals surface area (Å²) in [5, 5.41) is 10.5. The molecule has 25 heavy (non-hydrogen) atoms. The summed E-state index contributed by atoms with van der Waals surface area (Å²) in [6, 6.07) is 8.03. The minimum atomic E-state index is -0.144. The van der Waals surface area contributed by atoms with Crippen molar-refractivity contribution in [3.8, 4) is 0 Å². The molecule has 1 fully saturated rings. The van der Waals surface area contributed by atoms with Crippen molar-refractivity contribution in [2.24, 2.45) is 0 Å². The zero-order valence-corrected chi connectivity index (χ0v) is 13.9. The number of aromatic nitrogens is 4. The Balaban J connectivity index is 1.62. The first-order valence-corrected chi connectivity index (χ1v) is 8.58. The van der Waals surface area contributed by atoms with E-state index in [0.717, 1.165) is 29.7 Å². The van der Waals surface area contributed by atoms with Gasteiger partial charge in [-0.3, -0.25) is 14.9 Å². The number of fused-ring (bicyclic) bond motifs is 1. The van der Waals surface area contributed by atoms with Crippen molar-refractivity contribution in [2.75, 3.05) is 23.3 Å². The number of amides is 1. The molecule has 1 aromatic carbocycles. The number of carbonyl (C=O) groups is 1. The summed E-state index contributed by atoms with van der Waals surface area (Å²) in [6.07, 6.45) is 7.04. The van der Waals surface area contributed by atoms with Gasteiger partial charge in [0.2, 0.25) is 5.91 Å². The van der Waals surface area contributed by atoms with Gasteiger partial charge < -0.3 is 10.2 Å². The molecule has 1 aliphatic heterocycles. The molecule has 128 valence electrons. The summed E-state index contributed by atoms with van der Waals surface area (Å²) in [4.78, 5) is 23.2. The minimum absolute atomic E-state index is 0.144. The minimum Gasteiger partial charge on any atom is -0.371 e. The zero-order valence-electron chi connectivity index (χ0n) is 13.9. The Hall–Kier alpha value is -2.96. The predicted molar refractivity (Wildman–Crippen MR) is 96.5 cm³/mol. The van der Waals surface area contributed by atoms with Crippen LogP contribution in [0.15, 0.2) is 36.8 Å². The molecule has 3 aromatic rings. The van der Waals surface area contributed by atoms with Crippen LogP contribution in [0.5, 0.6) is 0 Å². The van der Waals surface area contributed by atoms with E-state index < -0.39 is 0 Å². The smallest absolute Gasteiger partial charge is 0.232 e. The third kappa shape index (κ3) is 3.31. The number of aromatic amines is 1. The number of piperidine rings is 1. The molecule has 0 bridgehead atoms. The van der Waals surface area contributed by atoms with Crippen molar-refractivity contribution in [1.29, 1.82) is 0 Å². The molecule has 0 unspecified atom stereocenters. The lowest BCUT2D eigenvalue weighted by Gasteiger charge is -2.30. The molecule has 7 heteroatoms. The second-order valence-electron chi connectivity index (χ2n) is 6.24. The van der Waals surface area contributed by atoms with E-state index in [1.807, 2.05) is 12.1 Å². The van der Waals surface area contributed by atoms with E-state index in [9.17, 15) is 4.79 Å². The van der Waals surface area contributed by atoms with Gasteiger partial charge in [-0.15, -0.1) is 0 Å². The quantitative estimate of drug-likeness (QED) is 0.764. The number of benzene rings is 1. The highest BCUT2D eigenvalue weighted by Crippen LogP contribution is 2.32. The monoisotopic (exact) mass is 336 g/mol. The Morgan fingerprint density at radius 1 is 1.16 bits per heavy atom. The van der Waals surface area contributed by atoms with Crippen LogP contribution in [0.2, 0.25) is 0 Å². The van der Waals surface area contributed by atoms with Gasteiger partial charge in [0.25, 0.3) is 0 Å². The maximum Gasteiger partial charge on any atom is 0.232 e. The Morgan fingerprint density at radius 3 is 2.84 bits per heavy atom. The second kappa shape index (κ2) is 6.88. The fourth-order valence-corrected chi connectivity index (χ4v) is 3.33. The van der Waals surface area contributed by atoms with Crippen LogP contribution < -0.4 is 10.2 Å². The van der Waals surface area contributed by atoms with Crippen molar-refractivity contribution in [2.45, 2.75) is 25.7 Å². The fraction of sp³-hybridized carbons (Fsp3) is 0.333. The van der Waals surface area contributed by atoms with Crippen molar-refractivity contribution < 1.29 is 4.79 Å². The van der Waals surface area contributed by atoms with Gasteiger partial charge >= 0.3 is 0 Å². The first kappa shape index (κ1) is 15.6. The Bertz CT molecular complexity index is 870. The number of rotatable bonds is 4. The lowest BCUT2D eigenvalue weighted by molar-refractivity contribution is -0.115. The lowest BCUT2D eigenvalue weighted by atomic mass is 10.1. The maximum atomic E-state index is 12.3. The molecule has 0 atom stereocenters. The first-order chi connectivity index (χ1) is 12.3. The normalized spacial score (nSPS) is 14.6. The number of hydrogen-bond donors (Lipinski definition) is 2. The van der Waals surface area contributed by atoms with Gasteiger partial charge in [0.05, 0.1) is 17.6 Å². The van der Waals surface area contributed by atoms with Crippen LogP contribution in [0.25, 0.3) is 10.9 Å². The summed E-state index contributed by atoms with van der Waals surface area (Å²) in [7, 11) is 0. The van der Waals surface area contributed by atoms with E-state index in [1.165, 1.54) is 31.3 Å². The standard InChI is InChI=1S/C18H20N6O/c25-17(11-16-20-12-21-23-16)22-14-6-7-15(24-9-2-1-3-10-24)13-5-4-8-19-18(13)14/h4-8,12H,1-3,9-11H2,(H,22,25)(H,20,21,23). The molecular weight excluding hydrogens is 316 g/mol. The highest BCUT2D eigenvalue weighted by molar-refractivity contribution is 6.05. The Labute approximate surface area is 145 Å². The largest absolute Gasteiger partial charge is 0.371 e. The van der Waals surface area contributed by atoms with Crippen molar-refractivity contribution in [3.05, 3.63) is 42.6 Å². The summed E-state index contributed by atoms with van der Waals surface area (Å²) in [5.41, 5.74) is 2.73. The number of H-pyrrole nitrogens is 1. The van der Waals surface area contributed by atoms with Crippen LogP contribution in [0.4, 0.5) is 11.4 Å². The van der Waals surface area contributed by atoms with E-state index in [2.05, 4.69) is 42.5 Å². The van der Waals surface area contributed by atoms with E-state index >= 15 is 0 Å². The molecule has 0 spiro atoms. The number of nitrogens with one attached hydrogen (secondary N) is 2. The summed E-state index contributed by atoms with van der Waals surface area (Å²) >= 11 is 0. The van der Waals surface area contributed by atoms with E-state index in [4.69, 9.17) is 0 Å². The zero-order chi connectivity index (χ0) is 17.1. The van der Waals surface area contributed by atoms with Crippen LogP contribution in [0.3, 0.4) is 0 Å². The topological polar surface area (TPSA) is 86.8 Å². The van der Waals surface area contributed by atoms with Gasteiger partial charge in [0.1, 0.15) is 12.2 Å². The second-order valence-corrected chi connectivity index (χ2v) is 6.24. The third-order valence-electron chi connectivity index (χ3n) is 4.51. The van der Waals surface area contributed by atoms with Gasteiger partial charge in [0.15, 0.2) is 0 Å². The third-order valence-corrected chi connectivity index (χ3v) is 4.51. The number of anilines is 2. The van der Waals surface area contributed by atoms with Crippen molar-refractivity contribution in [1.82, 2.24) is 20.2 Å². The number of carbonyl (C=O) groups excluding carboxylic acids is 1. The number of nitrogens with zero attached hydrogens (tertiary/aromatic N) is 4. The molecule has 1 amide bonds. The molecule has 1 saturated heterocycles. The first-order valence-electron chi connectivity index (χ1n) is 8.58. The van der Waals surface area contributed by atoms with Gasteiger partial charge in [-0.2, -0.15) is 5.10 Å². The maximum absolute atomic E-state index is 12.3. The molecular formula is C18H20N6O. The molecule has 4 rings (SSSR count). The van der Waals surface area contributed by atoms with E-state index in [0.29, 0.717) is 5.82 Å². The lowest BCUT2D eigenvalue weighted by Crippen LogP contribution is -2.29. The fourth-order valence-electron chi connectivity index (χ4n) is 3.33. The van der Waals surface area contributed by atoms with E-state index in [-0.39, 0.29) is 12.3 Å². The number of hydrogen-bond acceptors (Lipinski definition) is 5. The van der Waals surface area contributed by atoms with Gasteiger partial charge in [-0.1, -0.05) is 0 Å². The average molecular weight is 336 g/mol.